The molecule has 5 heteroatoms. The van der Waals surface area contributed by atoms with Gasteiger partial charge >= 0.3 is 0 Å². The van der Waals surface area contributed by atoms with Crippen LogP contribution in [-0.4, -0.2) is 15.3 Å². The van der Waals surface area contributed by atoms with Crippen molar-refractivity contribution in [1.29, 1.82) is 0 Å². The third-order valence-corrected chi connectivity index (χ3v) is 6.04. The van der Waals surface area contributed by atoms with Crippen LogP contribution in [0.3, 0.4) is 0 Å². The van der Waals surface area contributed by atoms with Gasteiger partial charge in [0.2, 0.25) is 5.91 Å². The van der Waals surface area contributed by atoms with Gasteiger partial charge in [-0.25, -0.2) is 9.37 Å². The summed E-state index contributed by atoms with van der Waals surface area (Å²) in [5, 5.41) is 3.23. The molecule has 1 aliphatic rings. The lowest BCUT2D eigenvalue weighted by molar-refractivity contribution is -0.121. The summed E-state index contributed by atoms with van der Waals surface area (Å²) in [6, 6.07) is 20.6. The van der Waals surface area contributed by atoms with E-state index in [1.165, 1.54) is 23.3 Å². The number of nitrogens with one attached hydrogen (secondary N) is 1. The lowest BCUT2D eigenvalue weighted by Crippen LogP contribution is -2.31. The number of benzene rings is 2. The summed E-state index contributed by atoms with van der Waals surface area (Å²) in [6.45, 7) is 0. The Hall–Kier alpha value is -3.47. The number of rotatable bonds is 5. The van der Waals surface area contributed by atoms with Crippen LogP contribution < -0.4 is 5.32 Å². The van der Waals surface area contributed by atoms with Crippen molar-refractivity contribution in [3.05, 3.63) is 95.6 Å². The topological polar surface area (TPSA) is 46.4 Å². The lowest BCUT2D eigenvalue weighted by atomic mass is 9.87. The molecule has 0 bridgehead atoms. The van der Waals surface area contributed by atoms with Crippen molar-refractivity contribution >= 4 is 11.6 Å². The van der Waals surface area contributed by atoms with Crippen molar-refractivity contribution in [3.8, 4) is 11.3 Å². The summed E-state index contributed by atoms with van der Waals surface area (Å²) >= 11 is 0. The lowest BCUT2D eigenvalue weighted by Gasteiger charge is -2.26. The van der Waals surface area contributed by atoms with Crippen molar-refractivity contribution in [2.45, 2.75) is 38.1 Å². The second-order valence-electron chi connectivity index (χ2n) is 8.05. The van der Waals surface area contributed by atoms with Gasteiger partial charge in [-0.05, 0) is 73.2 Å². The van der Waals surface area contributed by atoms with E-state index in [0.717, 1.165) is 41.9 Å². The molecule has 0 saturated carbocycles. The minimum absolute atomic E-state index is 0.0395. The first-order chi connectivity index (χ1) is 15.2. The van der Waals surface area contributed by atoms with Gasteiger partial charge in [-0.1, -0.05) is 30.3 Å². The van der Waals surface area contributed by atoms with Gasteiger partial charge < -0.3 is 9.72 Å². The van der Waals surface area contributed by atoms with Crippen LogP contribution in [-0.2, 0) is 17.6 Å². The maximum absolute atomic E-state index is 13.4. The van der Waals surface area contributed by atoms with E-state index in [1.807, 2.05) is 34.9 Å². The predicted molar refractivity (Wildman–Crippen MR) is 119 cm³/mol. The molecule has 31 heavy (non-hydrogen) atoms. The molecule has 1 amide bonds. The molecular formula is C26H24FN3O. The van der Waals surface area contributed by atoms with Crippen LogP contribution >= 0.6 is 0 Å². The Bertz CT molecular complexity index is 1230. The van der Waals surface area contributed by atoms with Crippen LogP contribution in [0.1, 0.15) is 42.1 Å². The Balaban J connectivity index is 1.37. The number of aryl methyl sites for hydroxylation is 2. The summed E-state index contributed by atoms with van der Waals surface area (Å²) in [5.74, 6) is -0.237. The first kappa shape index (κ1) is 19.5. The van der Waals surface area contributed by atoms with Crippen molar-refractivity contribution in [2.75, 3.05) is 0 Å². The van der Waals surface area contributed by atoms with Gasteiger partial charge in [-0.15, -0.1) is 0 Å². The van der Waals surface area contributed by atoms with E-state index in [2.05, 4.69) is 23.5 Å². The zero-order chi connectivity index (χ0) is 21.2. The minimum Gasteiger partial charge on any atom is -0.349 e. The normalized spacial score (nSPS) is 15.6. The molecule has 1 N–H and O–H groups in total. The van der Waals surface area contributed by atoms with Gasteiger partial charge in [0.05, 0.1) is 17.4 Å². The highest BCUT2D eigenvalue weighted by Crippen LogP contribution is 2.30. The van der Waals surface area contributed by atoms with Gasteiger partial charge in [-0.3, -0.25) is 4.79 Å². The Kier molecular flexibility index (Phi) is 5.24. The van der Waals surface area contributed by atoms with Crippen LogP contribution in [0.2, 0.25) is 0 Å². The van der Waals surface area contributed by atoms with Crippen molar-refractivity contribution in [1.82, 2.24) is 14.7 Å². The number of carbonyl (C=O) groups is 1. The average molecular weight is 413 g/mol. The smallest absolute Gasteiger partial charge is 0.220 e. The first-order valence-electron chi connectivity index (χ1n) is 10.8. The number of amides is 1. The highest BCUT2D eigenvalue weighted by atomic mass is 19.1. The number of carbonyl (C=O) groups excluding carboxylic acids is 1. The average Bonchev–Trinajstić information content (AvgIpc) is 3.17. The second-order valence-corrected chi connectivity index (χ2v) is 8.05. The number of pyridine rings is 1. The molecule has 156 valence electrons. The van der Waals surface area contributed by atoms with Gasteiger partial charge in [0, 0.05) is 18.2 Å². The van der Waals surface area contributed by atoms with E-state index < -0.39 is 0 Å². The fourth-order valence-electron chi connectivity index (χ4n) is 4.53. The Morgan fingerprint density at radius 1 is 1.06 bits per heavy atom. The monoisotopic (exact) mass is 413 g/mol. The molecule has 0 fully saturated rings. The summed E-state index contributed by atoms with van der Waals surface area (Å²) < 4.78 is 15.4. The van der Waals surface area contributed by atoms with Crippen molar-refractivity contribution < 1.29 is 9.18 Å². The number of halogens is 1. The van der Waals surface area contributed by atoms with E-state index >= 15 is 0 Å². The number of fused-ring (bicyclic) bond motifs is 2. The number of hydrogen-bond donors (Lipinski definition) is 1. The molecule has 2 heterocycles. The highest BCUT2D eigenvalue weighted by Gasteiger charge is 2.22. The number of imidazole rings is 1. The third kappa shape index (κ3) is 3.96. The molecule has 0 unspecified atom stereocenters. The van der Waals surface area contributed by atoms with Gasteiger partial charge in [0.15, 0.2) is 0 Å². The Morgan fingerprint density at radius 2 is 1.87 bits per heavy atom. The zero-order valence-electron chi connectivity index (χ0n) is 17.2. The maximum atomic E-state index is 13.4. The molecule has 4 aromatic rings. The summed E-state index contributed by atoms with van der Waals surface area (Å²) in [7, 11) is 0. The predicted octanol–water partition coefficient (Wildman–Crippen LogP) is 5.27. The zero-order valence-corrected chi connectivity index (χ0v) is 17.2. The molecular weight excluding hydrogens is 389 g/mol. The first-order valence-corrected chi connectivity index (χ1v) is 10.8. The van der Waals surface area contributed by atoms with Gasteiger partial charge in [-0.2, -0.15) is 0 Å². The Morgan fingerprint density at radius 3 is 2.74 bits per heavy atom. The van der Waals surface area contributed by atoms with E-state index in [0.29, 0.717) is 12.8 Å². The quantitative estimate of drug-likeness (QED) is 0.485. The van der Waals surface area contributed by atoms with E-state index in [4.69, 9.17) is 4.98 Å². The maximum Gasteiger partial charge on any atom is 0.220 e. The van der Waals surface area contributed by atoms with E-state index in [9.17, 15) is 9.18 Å². The van der Waals surface area contributed by atoms with Crippen molar-refractivity contribution in [3.63, 3.8) is 0 Å². The molecule has 2 aromatic carbocycles. The molecule has 0 aliphatic heterocycles. The fraction of sp³-hybridized carbons (Fsp3) is 0.231. The molecule has 5 rings (SSSR count). The standard InChI is InChI=1S/C26H24FN3O/c27-20-13-11-19(12-14-20)26-23(30-17-4-3-10-24(30)29-26)15-16-25(31)28-22-9-5-7-18-6-1-2-8-21(18)22/h1-4,6,8,10-14,17,22H,5,7,9,15-16H2,(H,28,31)/t22-/m0/s1. The number of aromatic nitrogens is 2. The fourth-order valence-corrected chi connectivity index (χ4v) is 4.53. The van der Waals surface area contributed by atoms with E-state index in [-0.39, 0.29) is 17.8 Å². The largest absolute Gasteiger partial charge is 0.349 e. The third-order valence-electron chi connectivity index (χ3n) is 6.04. The SMILES string of the molecule is O=C(CCc1c(-c2ccc(F)cc2)nc2ccccn12)N[C@H]1CCCc2ccccc21. The minimum atomic E-state index is -0.277. The molecule has 0 radical (unpaired) electrons. The van der Waals surface area contributed by atoms with Crippen LogP contribution in [0.25, 0.3) is 16.9 Å². The molecule has 1 atom stereocenters. The second kappa shape index (κ2) is 8.34. The molecule has 1 aliphatic carbocycles. The summed E-state index contributed by atoms with van der Waals surface area (Å²) in [4.78, 5) is 17.6. The van der Waals surface area contributed by atoms with Gasteiger partial charge in [0.25, 0.3) is 0 Å². The van der Waals surface area contributed by atoms with E-state index in [1.54, 1.807) is 12.1 Å². The number of nitrogens with zero attached hydrogens (tertiary/aromatic N) is 2. The summed E-state index contributed by atoms with van der Waals surface area (Å²) in [6.07, 6.45) is 6.02. The van der Waals surface area contributed by atoms with Crippen LogP contribution in [0.15, 0.2) is 72.9 Å². The molecule has 0 saturated heterocycles. The number of hydrogen-bond acceptors (Lipinski definition) is 2. The van der Waals surface area contributed by atoms with Gasteiger partial charge in [0.1, 0.15) is 11.5 Å². The molecule has 2 aromatic heterocycles. The molecule has 4 nitrogen and oxygen atoms in total. The van der Waals surface area contributed by atoms with Crippen molar-refractivity contribution in [2.24, 2.45) is 0 Å². The van der Waals surface area contributed by atoms with Crippen LogP contribution in [0, 0.1) is 5.82 Å². The van der Waals surface area contributed by atoms with Crippen LogP contribution in [0.5, 0.6) is 0 Å². The summed E-state index contributed by atoms with van der Waals surface area (Å²) in [5.41, 5.74) is 5.99. The highest BCUT2D eigenvalue weighted by molar-refractivity contribution is 5.77. The van der Waals surface area contributed by atoms with Crippen LogP contribution in [0.4, 0.5) is 4.39 Å². The molecule has 0 spiro atoms. The Labute approximate surface area is 180 Å².